The predicted octanol–water partition coefficient (Wildman–Crippen LogP) is 2.24. The summed E-state index contributed by atoms with van der Waals surface area (Å²) in [5, 5.41) is 0. The van der Waals surface area contributed by atoms with Crippen molar-refractivity contribution >= 4 is 24.0 Å². The summed E-state index contributed by atoms with van der Waals surface area (Å²) in [5.41, 5.74) is 1.21. The van der Waals surface area contributed by atoms with Crippen LogP contribution in [0.2, 0.25) is 25.2 Å². The van der Waals surface area contributed by atoms with Crippen LogP contribution < -0.4 is 0 Å². The fraction of sp³-hybridized carbons (Fsp3) is 1.00. The van der Waals surface area contributed by atoms with Crippen LogP contribution in [0.5, 0.6) is 0 Å². The highest BCUT2D eigenvalue weighted by molar-refractivity contribution is 9.09. The van der Waals surface area contributed by atoms with Crippen LogP contribution in [0.25, 0.3) is 0 Å². The first-order valence-corrected chi connectivity index (χ1v) is 8.26. The second kappa shape index (κ2) is 1.70. The van der Waals surface area contributed by atoms with E-state index in [-0.39, 0.29) is 0 Å². The maximum atomic E-state index is 5.45. The zero-order valence-electron chi connectivity index (χ0n) is 6.65. The van der Waals surface area contributed by atoms with Crippen LogP contribution in [0.15, 0.2) is 0 Å². The minimum atomic E-state index is -0.931. The molecule has 0 amide bonds. The van der Waals surface area contributed by atoms with E-state index in [2.05, 4.69) is 35.6 Å². The molecule has 10 heavy (non-hydrogen) atoms. The Hall–Kier alpha value is 0.657. The SMILES string of the molecule is C[Si](C)(C)C1C(Br)C12CO2. The Kier molecular flexibility index (Phi) is 1.24. The largest absolute Gasteiger partial charge is 0.368 e. The predicted molar refractivity (Wildman–Crippen MR) is 48.5 cm³/mol. The van der Waals surface area contributed by atoms with Crippen molar-refractivity contribution in [1.82, 2.24) is 0 Å². The normalized spacial score (nSPS) is 51.6. The summed E-state index contributed by atoms with van der Waals surface area (Å²) in [5.74, 6) is 0. The molecule has 1 saturated heterocycles. The molecule has 0 aromatic rings. The topological polar surface area (TPSA) is 12.5 Å². The Morgan fingerprint density at radius 1 is 1.50 bits per heavy atom. The van der Waals surface area contributed by atoms with Gasteiger partial charge in [0.15, 0.2) is 0 Å². The molecular formula is C7H13BrOSi. The van der Waals surface area contributed by atoms with E-state index in [1.54, 1.807) is 0 Å². The van der Waals surface area contributed by atoms with Gasteiger partial charge in [0.2, 0.25) is 0 Å². The number of epoxide rings is 1. The monoisotopic (exact) mass is 220 g/mol. The van der Waals surface area contributed by atoms with Gasteiger partial charge in [0.1, 0.15) is 5.60 Å². The second-order valence-corrected chi connectivity index (χ2v) is 10.8. The second-order valence-electron chi connectivity index (χ2n) is 4.49. The van der Waals surface area contributed by atoms with Crippen LogP contribution in [0.1, 0.15) is 0 Å². The molecule has 1 aliphatic carbocycles. The van der Waals surface area contributed by atoms with E-state index in [4.69, 9.17) is 4.74 Å². The molecule has 2 aliphatic rings. The highest BCUT2D eigenvalue weighted by Gasteiger charge is 2.76. The van der Waals surface area contributed by atoms with Gasteiger partial charge in [-0.2, -0.15) is 0 Å². The Balaban J connectivity index is 2.11. The standard InChI is InChI=1S/C7H13BrOSi/c1-10(2,3)6-5(8)7(6)4-9-7/h5-6H,4H2,1-3H3. The molecule has 3 unspecified atom stereocenters. The van der Waals surface area contributed by atoms with Crippen molar-refractivity contribution in [2.45, 2.75) is 35.6 Å². The van der Waals surface area contributed by atoms with Crippen LogP contribution in [-0.2, 0) is 4.74 Å². The van der Waals surface area contributed by atoms with Gasteiger partial charge < -0.3 is 4.74 Å². The molecule has 58 valence electrons. The molecular weight excluding hydrogens is 208 g/mol. The summed E-state index contributed by atoms with van der Waals surface area (Å²) in [4.78, 5) is 0.687. The number of rotatable bonds is 1. The van der Waals surface area contributed by atoms with Crippen LogP contribution >= 0.6 is 15.9 Å². The lowest BCUT2D eigenvalue weighted by Gasteiger charge is -2.13. The van der Waals surface area contributed by atoms with Crippen LogP contribution in [-0.4, -0.2) is 25.1 Å². The molecule has 3 heteroatoms. The maximum absolute atomic E-state index is 5.45. The first-order chi connectivity index (χ1) is 4.48. The Labute approximate surface area is 71.3 Å². The molecule has 3 atom stereocenters. The summed E-state index contributed by atoms with van der Waals surface area (Å²) in [6, 6.07) is 0. The van der Waals surface area contributed by atoms with Crippen molar-refractivity contribution in [2.75, 3.05) is 6.61 Å². The van der Waals surface area contributed by atoms with Gasteiger partial charge in [-0.05, 0) is 0 Å². The average molecular weight is 221 g/mol. The quantitative estimate of drug-likeness (QED) is 0.376. The van der Waals surface area contributed by atoms with Crippen molar-refractivity contribution in [3.05, 3.63) is 0 Å². The van der Waals surface area contributed by atoms with Gasteiger partial charge in [0, 0.05) is 10.4 Å². The van der Waals surface area contributed by atoms with E-state index in [1.807, 2.05) is 0 Å². The third kappa shape index (κ3) is 0.771. The summed E-state index contributed by atoms with van der Waals surface area (Å²) >= 11 is 3.68. The molecule has 1 aliphatic heterocycles. The minimum Gasteiger partial charge on any atom is -0.368 e. The lowest BCUT2D eigenvalue weighted by Crippen LogP contribution is -2.22. The molecule has 0 aromatic heterocycles. The molecule has 1 heterocycles. The van der Waals surface area contributed by atoms with E-state index in [1.165, 1.54) is 0 Å². The first-order valence-electron chi connectivity index (χ1n) is 3.76. The van der Waals surface area contributed by atoms with Crippen molar-refractivity contribution < 1.29 is 4.74 Å². The van der Waals surface area contributed by atoms with Crippen LogP contribution in [0.4, 0.5) is 0 Å². The Morgan fingerprint density at radius 2 is 2.00 bits per heavy atom. The fourth-order valence-corrected chi connectivity index (χ4v) is 8.31. The van der Waals surface area contributed by atoms with Gasteiger partial charge in [0.25, 0.3) is 0 Å². The van der Waals surface area contributed by atoms with Gasteiger partial charge in [-0.1, -0.05) is 35.6 Å². The maximum Gasteiger partial charge on any atom is 0.106 e. The van der Waals surface area contributed by atoms with Crippen molar-refractivity contribution in [2.24, 2.45) is 0 Å². The first kappa shape index (κ1) is 7.31. The van der Waals surface area contributed by atoms with Gasteiger partial charge in [-0.25, -0.2) is 0 Å². The van der Waals surface area contributed by atoms with E-state index in [9.17, 15) is 0 Å². The third-order valence-electron chi connectivity index (χ3n) is 2.59. The summed E-state index contributed by atoms with van der Waals surface area (Å²) in [6.07, 6.45) is 0. The lowest BCUT2D eigenvalue weighted by molar-refractivity contribution is 0.399. The minimum absolute atomic E-state index is 0.338. The molecule has 1 spiro atoms. The average Bonchev–Trinajstić information content (AvgIpc) is 2.51. The van der Waals surface area contributed by atoms with Gasteiger partial charge in [-0.15, -0.1) is 0 Å². The molecule has 0 N–H and O–H groups in total. The summed E-state index contributed by atoms with van der Waals surface area (Å²) in [7, 11) is -0.931. The van der Waals surface area contributed by atoms with Gasteiger partial charge in [0.05, 0.1) is 14.7 Å². The number of alkyl halides is 1. The lowest BCUT2D eigenvalue weighted by atomic mass is 10.5. The van der Waals surface area contributed by atoms with Crippen LogP contribution in [0, 0.1) is 0 Å². The van der Waals surface area contributed by atoms with E-state index >= 15 is 0 Å². The van der Waals surface area contributed by atoms with E-state index in [0.29, 0.717) is 10.4 Å². The Morgan fingerprint density at radius 3 is 2.10 bits per heavy atom. The number of hydrogen-bond acceptors (Lipinski definition) is 1. The Bertz CT molecular complexity index is 169. The van der Waals surface area contributed by atoms with Crippen molar-refractivity contribution in [3.8, 4) is 0 Å². The molecule has 1 nitrogen and oxygen atoms in total. The van der Waals surface area contributed by atoms with E-state index < -0.39 is 8.07 Å². The fourth-order valence-electron chi connectivity index (χ4n) is 1.97. The molecule has 0 radical (unpaired) electrons. The summed E-state index contributed by atoms with van der Waals surface area (Å²) < 4.78 is 5.45. The molecule has 1 saturated carbocycles. The third-order valence-corrected chi connectivity index (χ3v) is 7.07. The zero-order chi connectivity index (χ0) is 7.57. The molecule has 2 fully saturated rings. The van der Waals surface area contributed by atoms with Gasteiger partial charge in [-0.3, -0.25) is 0 Å². The van der Waals surface area contributed by atoms with Crippen molar-refractivity contribution in [3.63, 3.8) is 0 Å². The van der Waals surface area contributed by atoms with Crippen LogP contribution in [0.3, 0.4) is 0 Å². The molecule has 0 bridgehead atoms. The van der Waals surface area contributed by atoms with Gasteiger partial charge >= 0.3 is 0 Å². The smallest absolute Gasteiger partial charge is 0.106 e. The number of hydrogen-bond donors (Lipinski definition) is 0. The van der Waals surface area contributed by atoms with Crippen molar-refractivity contribution in [1.29, 1.82) is 0 Å². The highest BCUT2D eigenvalue weighted by Crippen LogP contribution is 2.69. The van der Waals surface area contributed by atoms with E-state index in [0.717, 1.165) is 12.1 Å². The molecule has 2 rings (SSSR count). The number of halogens is 1. The molecule has 0 aromatic carbocycles. The number of ether oxygens (including phenoxy) is 1. The highest BCUT2D eigenvalue weighted by atomic mass is 79.9. The zero-order valence-corrected chi connectivity index (χ0v) is 9.23. The summed E-state index contributed by atoms with van der Waals surface area (Å²) in [6.45, 7) is 8.27.